The maximum Gasteiger partial charge on any atom is 0.0418 e. The largest absolute Gasteiger partial charge is 0.120 e. The van der Waals surface area contributed by atoms with E-state index in [0.717, 1.165) is 38.5 Å². The highest BCUT2D eigenvalue weighted by atomic mass is 35.5. The van der Waals surface area contributed by atoms with E-state index in [1.807, 2.05) is 0 Å². The minimum atomic E-state index is -0.0286. The summed E-state index contributed by atoms with van der Waals surface area (Å²) in [5.41, 5.74) is 0. The van der Waals surface area contributed by atoms with Crippen molar-refractivity contribution in [1.82, 2.24) is 0 Å². The third-order valence-corrected chi connectivity index (χ3v) is 3.74. The molecule has 0 aromatic heterocycles. The van der Waals surface area contributed by atoms with Gasteiger partial charge >= 0.3 is 0 Å². The van der Waals surface area contributed by atoms with Crippen LogP contribution < -0.4 is 0 Å². The number of hydrogen-bond donors (Lipinski definition) is 0. The van der Waals surface area contributed by atoms with Crippen molar-refractivity contribution in [3.8, 4) is 0 Å². The lowest BCUT2D eigenvalue weighted by Gasteiger charge is -2.24. The molecule has 2 atom stereocenters. The van der Waals surface area contributed by atoms with E-state index in [4.69, 9.17) is 23.2 Å². The van der Waals surface area contributed by atoms with Crippen LogP contribution in [-0.2, 0) is 0 Å². The van der Waals surface area contributed by atoms with Crippen LogP contribution in [0.4, 0.5) is 0 Å². The van der Waals surface area contributed by atoms with Crippen molar-refractivity contribution >= 4 is 23.2 Å². The van der Waals surface area contributed by atoms with Crippen LogP contribution in [0.15, 0.2) is 0 Å². The molecule has 0 radical (unpaired) electrons. The van der Waals surface area contributed by atoms with Gasteiger partial charge < -0.3 is 0 Å². The molecular weight excluding hydrogens is 215 g/mol. The zero-order valence-corrected chi connectivity index (χ0v) is 11.5. The summed E-state index contributed by atoms with van der Waals surface area (Å²) in [6.45, 7) is 8.56. The Balaban J connectivity index is 3.73. The Morgan fingerprint density at radius 2 is 1.36 bits per heavy atom. The van der Waals surface area contributed by atoms with Crippen LogP contribution in [0.3, 0.4) is 0 Å². The van der Waals surface area contributed by atoms with Crippen molar-refractivity contribution in [3.05, 3.63) is 0 Å². The van der Waals surface area contributed by atoms with Crippen molar-refractivity contribution in [2.45, 2.75) is 76.0 Å². The van der Waals surface area contributed by atoms with Crippen molar-refractivity contribution in [2.24, 2.45) is 0 Å². The number of halogens is 2. The molecule has 14 heavy (non-hydrogen) atoms. The maximum absolute atomic E-state index is 6.37. The smallest absolute Gasteiger partial charge is 0.0418 e. The maximum atomic E-state index is 6.37. The van der Waals surface area contributed by atoms with Crippen LogP contribution in [-0.4, -0.2) is 9.75 Å². The van der Waals surface area contributed by atoms with E-state index in [9.17, 15) is 0 Å². The second-order valence-corrected chi connectivity index (χ2v) is 6.61. The number of alkyl halides is 2. The van der Waals surface area contributed by atoms with E-state index >= 15 is 0 Å². The molecule has 0 heterocycles. The predicted molar refractivity (Wildman–Crippen MR) is 67.6 cm³/mol. The summed E-state index contributed by atoms with van der Waals surface area (Å²) in [7, 11) is 0. The van der Waals surface area contributed by atoms with Crippen LogP contribution >= 0.6 is 23.2 Å². The van der Waals surface area contributed by atoms with Crippen molar-refractivity contribution < 1.29 is 0 Å². The first-order chi connectivity index (χ1) is 6.33. The van der Waals surface area contributed by atoms with Gasteiger partial charge in [0.1, 0.15) is 0 Å². The third kappa shape index (κ3) is 6.95. The molecule has 0 aliphatic rings. The normalized spacial score (nSPS) is 20.1. The third-order valence-electron chi connectivity index (χ3n) is 2.90. The fraction of sp³-hybridized carbons (Fsp3) is 1.00. The van der Waals surface area contributed by atoms with E-state index in [1.54, 1.807) is 0 Å². The van der Waals surface area contributed by atoms with Crippen LogP contribution in [0, 0.1) is 0 Å². The summed E-state index contributed by atoms with van der Waals surface area (Å²) in [5.74, 6) is 0. The second-order valence-electron chi connectivity index (χ2n) is 4.78. The Morgan fingerprint density at radius 3 is 1.79 bits per heavy atom. The van der Waals surface area contributed by atoms with E-state index in [0.29, 0.717) is 0 Å². The molecule has 0 nitrogen and oxygen atoms in total. The summed E-state index contributed by atoms with van der Waals surface area (Å²) in [6.07, 6.45) is 6.56. The van der Waals surface area contributed by atoms with Gasteiger partial charge in [0.05, 0.1) is 0 Å². The van der Waals surface area contributed by atoms with Gasteiger partial charge in [-0.15, -0.1) is 23.2 Å². The molecule has 2 unspecified atom stereocenters. The van der Waals surface area contributed by atoms with Crippen molar-refractivity contribution in [1.29, 1.82) is 0 Å². The van der Waals surface area contributed by atoms with Gasteiger partial charge in [0, 0.05) is 9.75 Å². The summed E-state index contributed by atoms with van der Waals surface area (Å²) < 4.78 is 0. The second kappa shape index (κ2) is 6.23. The zero-order chi connectivity index (χ0) is 11.2. The molecule has 0 aliphatic carbocycles. The Bertz CT molecular complexity index is 150. The first kappa shape index (κ1) is 14.6. The van der Waals surface area contributed by atoms with E-state index < -0.39 is 0 Å². The molecule has 0 rings (SSSR count). The first-order valence-electron chi connectivity index (χ1n) is 5.71. The lowest BCUT2D eigenvalue weighted by molar-refractivity contribution is 0.453. The number of rotatable bonds is 7. The average Bonchev–Trinajstić information content (AvgIpc) is 2.03. The van der Waals surface area contributed by atoms with Crippen LogP contribution in [0.1, 0.15) is 66.2 Å². The highest BCUT2D eigenvalue weighted by Gasteiger charge is 2.22. The summed E-state index contributed by atoms with van der Waals surface area (Å²) in [4.78, 5) is -0.0470. The summed E-state index contributed by atoms with van der Waals surface area (Å²) in [6, 6.07) is 0. The fourth-order valence-electron chi connectivity index (χ4n) is 1.65. The van der Waals surface area contributed by atoms with Crippen LogP contribution in [0.25, 0.3) is 0 Å². The van der Waals surface area contributed by atoms with Gasteiger partial charge in [0.25, 0.3) is 0 Å². The molecule has 2 heteroatoms. The van der Waals surface area contributed by atoms with E-state index in [-0.39, 0.29) is 9.75 Å². The van der Waals surface area contributed by atoms with Gasteiger partial charge in [0.2, 0.25) is 0 Å². The van der Waals surface area contributed by atoms with Crippen molar-refractivity contribution in [2.75, 3.05) is 0 Å². The lowest BCUT2D eigenvalue weighted by Crippen LogP contribution is -2.19. The monoisotopic (exact) mass is 238 g/mol. The average molecular weight is 239 g/mol. The predicted octanol–water partition coefficient (Wildman–Crippen LogP) is 5.36. The lowest BCUT2D eigenvalue weighted by atomic mass is 9.93. The molecule has 0 spiro atoms. The quantitative estimate of drug-likeness (QED) is 0.524. The highest BCUT2D eigenvalue weighted by molar-refractivity contribution is 6.24. The van der Waals surface area contributed by atoms with Crippen molar-refractivity contribution in [3.63, 3.8) is 0 Å². The topological polar surface area (TPSA) is 0 Å². The van der Waals surface area contributed by atoms with Crippen LogP contribution in [0.2, 0.25) is 0 Å². The van der Waals surface area contributed by atoms with E-state index in [2.05, 4.69) is 27.7 Å². The zero-order valence-electron chi connectivity index (χ0n) is 10.00. The van der Waals surface area contributed by atoms with Gasteiger partial charge in [-0.3, -0.25) is 0 Å². The molecule has 0 bridgehead atoms. The minimum absolute atomic E-state index is 0.0184. The van der Waals surface area contributed by atoms with E-state index in [1.165, 1.54) is 0 Å². The molecule has 0 fully saturated rings. The number of hydrogen-bond acceptors (Lipinski definition) is 0. The minimum Gasteiger partial charge on any atom is -0.120 e. The molecule has 0 aliphatic heterocycles. The standard InChI is InChI=1S/C12H24Cl2/c1-5-8-12(4,14)10-7-9-11(3,13)6-2/h5-10H2,1-4H3. The van der Waals surface area contributed by atoms with Gasteiger partial charge in [-0.05, 0) is 46.0 Å². The van der Waals surface area contributed by atoms with Gasteiger partial charge in [0.15, 0.2) is 0 Å². The Hall–Kier alpha value is 0.580. The Kier molecular flexibility index (Phi) is 6.48. The molecule has 0 saturated carbocycles. The van der Waals surface area contributed by atoms with Gasteiger partial charge in [-0.1, -0.05) is 20.3 Å². The van der Waals surface area contributed by atoms with Crippen LogP contribution in [0.5, 0.6) is 0 Å². The Morgan fingerprint density at radius 1 is 0.857 bits per heavy atom. The molecule has 0 amide bonds. The molecule has 86 valence electrons. The Labute approximate surface area is 99.4 Å². The van der Waals surface area contributed by atoms with Gasteiger partial charge in [-0.2, -0.15) is 0 Å². The first-order valence-corrected chi connectivity index (χ1v) is 6.46. The molecule has 0 N–H and O–H groups in total. The summed E-state index contributed by atoms with van der Waals surface area (Å²) in [5, 5.41) is 0. The molecule has 0 aromatic rings. The molecule has 0 saturated heterocycles. The van der Waals surface area contributed by atoms with Gasteiger partial charge in [-0.25, -0.2) is 0 Å². The fourth-order valence-corrected chi connectivity index (χ4v) is 2.10. The molecule has 0 aromatic carbocycles. The SMILES string of the molecule is CCCC(C)(Cl)CCCC(C)(Cl)CC. The summed E-state index contributed by atoms with van der Waals surface area (Å²) >= 11 is 12.6. The highest BCUT2D eigenvalue weighted by Crippen LogP contribution is 2.31. The molecular formula is C12H24Cl2.